The van der Waals surface area contributed by atoms with Crippen molar-refractivity contribution in [3.05, 3.63) is 34.9 Å². The summed E-state index contributed by atoms with van der Waals surface area (Å²) in [6.07, 6.45) is 0. The average molecular weight is 231 g/mol. The second kappa shape index (κ2) is 4.81. The summed E-state index contributed by atoms with van der Waals surface area (Å²) in [5, 5.41) is 3.65. The third-order valence-electron chi connectivity index (χ3n) is 4.34. The summed E-state index contributed by atoms with van der Waals surface area (Å²) >= 11 is 0. The topological polar surface area (TPSA) is 12.0 Å². The standard InChI is InChI=1S/C16H25N/c1-6-17-16-12(5)11(4)14-8-7-13(10(2)3)9-15(14)16/h7-12,16-17H,6H2,1-5H3. The highest BCUT2D eigenvalue weighted by atomic mass is 14.9. The number of fused-ring (bicyclic) bond motifs is 1. The Balaban J connectivity index is 2.42. The predicted molar refractivity (Wildman–Crippen MR) is 74.5 cm³/mol. The van der Waals surface area contributed by atoms with Gasteiger partial charge in [-0.2, -0.15) is 0 Å². The minimum atomic E-state index is 0.545. The van der Waals surface area contributed by atoms with E-state index in [1.165, 1.54) is 11.1 Å². The van der Waals surface area contributed by atoms with Crippen molar-refractivity contribution >= 4 is 0 Å². The molecule has 94 valence electrons. The molecule has 1 N–H and O–H groups in total. The highest BCUT2D eigenvalue weighted by molar-refractivity contribution is 5.42. The smallest absolute Gasteiger partial charge is 0.0354 e. The van der Waals surface area contributed by atoms with Gasteiger partial charge in [-0.15, -0.1) is 0 Å². The van der Waals surface area contributed by atoms with Crippen molar-refractivity contribution < 1.29 is 0 Å². The quantitative estimate of drug-likeness (QED) is 0.821. The van der Waals surface area contributed by atoms with Gasteiger partial charge < -0.3 is 5.32 Å². The van der Waals surface area contributed by atoms with E-state index in [0.717, 1.165) is 6.54 Å². The molecule has 0 saturated carbocycles. The summed E-state index contributed by atoms with van der Waals surface area (Å²) in [5.74, 6) is 2.00. The molecule has 0 fully saturated rings. The number of nitrogens with one attached hydrogen (secondary N) is 1. The third-order valence-corrected chi connectivity index (χ3v) is 4.34. The molecule has 1 aliphatic rings. The monoisotopic (exact) mass is 231 g/mol. The summed E-state index contributed by atoms with van der Waals surface area (Å²) in [7, 11) is 0. The van der Waals surface area contributed by atoms with E-state index in [9.17, 15) is 0 Å². The van der Waals surface area contributed by atoms with E-state index in [2.05, 4.69) is 58.1 Å². The number of hydrogen-bond donors (Lipinski definition) is 1. The summed E-state index contributed by atoms with van der Waals surface area (Å²) in [6, 6.07) is 7.63. The minimum Gasteiger partial charge on any atom is -0.310 e. The summed E-state index contributed by atoms with van der Waals surface area (Å²) in [6.45, 7) is 12.5. The first kappa shape index (κ1) is 12.6. The summed E-state index contributed by atoms with van der Waals surface area (Å²) in [4.78, 5) is 0. The molecule has 0 aromatic heterocycles. The van der Waals surface area contributed by atoms with E-state index in [1.807, 2.05) is 0 Å². The Hall–Kier alpha value is -0.820. The van der Waals surface area contributed by atoms with Crippen LogP contribution in [0.25, 0.3) is 0 Å². The van der Waals surface area contributed by atoms with Gasteiger partial charge in [0, 0.05) is 6.04 Å². The van der Waals surface area contributed by atoms with E-state index in [-0.39, 0.29) is 0 Å². The van der Waals surface area contributed by atoms with Crippen LogP contribution in [0.2, 0.25) is 0 Å². The molecule has 0 spiro atoms. The summed E-state index contributed by atoms with van der Waals surface area (Å²) in [5.41, 5.74) is 4.55. The zero-order valence-corrected chi connectivity index (χ0v) is 11.7. The largest absolute Gasteiger partial charge is 0.310 e. The molecule has 0 bridgehead atoms. The molecule has 0 heterocycles. The first-order valence-corrected chi connectivity index (χ1v) is 6.93. The molecule has 3 unspecified atom stereocenters. The van der Waals surface area contributed by atoms with E-state index >= 15 is 0 Å². The molecule has 1 aromatic rings. The van der Waals surface area contributed by atoms with Crippen molar-refractivity contribution in [3.8, 4) is 0 Å². The Bertz CT molecular complexity index is 395. The lowest BCUT2D eigenvalue weighted by atomic mass is 9.94. The van der Waals surface area contributed by atoms with E-state index < -0.39 is 0 Å². The van der Waals surface area contributed by atoms with Gasteiger partial charge in [0.1, 0.15) is 0 Å². The first-order chi connectivity index (χ1) is 8.06. The molecule has 1 aliphatic carbocycles. The van der Waals surface area contributed by atoms with E-state index in [0.29, 0.717) is 23.8 Å². The maximum atomic E-state index is 3.65. The fraction of sp³-hybridized carbons (Fsp3) is 0.625. The van der Waals surface area contributed by atoms with Gasteiger partial charge in [-0.25, -0.2) is 0 Å². The van der Waals surface area contributed by atoms with Crippen LogP contribution in [0.5, 0.6) is 0 Å². The molecular weight excluding hydrogens is 206 g/mol. The lowest BCUT2D eigenvalue weighted by molar-refractivity contribution is 0.386. The summed E-state index contributed by atoms with van der Waals surface area (Å²) < 4.78 is 0. The molecule has 1 nitrogen and oxygen atoms in total. The van der Waals surface area contributed by atoms with Crippen LogP contribution in [-0.2, 0) is 0 Å². The van der Waals surface area contributed by atoms with Crippen LogP contribution in [0.3, 0.4) is 0 Å². The second-order valence-electron chi connectivity index (χ2n) is 5.73. The highest BCUT2D eigenvalue weighted by Gasteiger charge is 2.34. The SMILES string of the molecule is CCNC1c2cc(C(C)C)ccc2C(C)C1C. The zero-order valence-electron chi connectivity index (χ0n) is 11.7. The average Bonchev–Trinajstić information content (AvgIpc) is 2.54. The number of benzene rings is 1. The van der Waals surface area contributed by atoms with E-state index in [4.69, 9.17) is 0 Å². The maximum Gasteiger partial charge on any atom is 0.0354 e. The van der Waals surface area contributed by atoms with Crippen molar-refractivity contribution in [2.24, 2.45) is 5.92 Å². The van der Waals surface area contributed by atoms with Crippen LogP contribution < -0.4 is 5.32 Å². The Morgan fingerprint density at radius 2 is 1.88 bits per heavy atom. The van der Waals surface area contributed by atoms with Crippen molar-refractivity contribution in [2.45, 2.75) is 52.5 Å². The lowest BCUT2D eigenvalue weighted by Gasteiger charge is -2.20. The molecular formula is C16H25N. The molecule has 3 atom stereocenters. The molecule has 17 heavy (non-hydrogen) atoms. The van der Waals surface area contributed by atoms with Gasteiger partial charge in [-0.05, 0) is 41.0 Å². The second-order valence-corrected chi connectivity index (χ2v) is 5.73. The first-order valence-electron chi connectivity index (χ1n) is 6.93. The molecule has 2 rings (SSSR count). The minimum absolute atomic E-state index is 0.545. The van der Waals surface area contributed by atoms with Gasteiger partial charge in [0.25, 0.3) is 0 Å². The van der Waals surface area contributed by atoms with Gasteiger partial charge in [-0.3, -0.25) is 0 Å². The number of rotatable bonds is 3. The van der Waals surface area contributed by atoms with E-state index in [1.54, 1.807) is 5.56 Å². The van der Waals surface area contributed by atoms with Crippen molar-refractivity contribution in [1.82, 2.24) is 5.32 Å². The maximum absolute atomic E-state index is 3.65. The molecule has 1 aromatic carbocycles. The number of hydrogen-bond acceptors (Lipinski definition) is 1. The van der Waals surface area contributed by atoms with Crippen molar-refractivity contribution in [2.75, 3.05) is 6.54 Å². The Morgan fingerprint density at radius 3 is 2.47 bits per heavy atom. The van der Waals surface area contributed by atoms with Gasteiger partial charge in [0.05, 0.1) is 0 Å². The molecule has 0 saturated heterocycles. The fourth-order valence-electron chi connectivity index (χ4n) is 3.01. The molecule has 0 aliphatic heterocycles. The molecule has 0 radical (unpaired) electrons. The fourth-order valence-corrected chi connectivity index (χ4v) is 3.01. The van der Waals surface area contributed by atoms with Crippen LogP contribution in [-0.4, -0.2) is 6.54 Å². The van der Waals surface area contributed by atoms with Gasteiger partial charge >= 0.3 is 0 Å². The predicted octanol–water partition coefficient (Wildman–Crippen LogP) is 4.21. The van der Waals surface area contributed by atoms with Crippen LogP contribution in [0, 0.1) is 5.92 Å². The van der Waals surface area contributed by atoms with Crippen LogP contribution in [0.15, 0.2) is 18.2 Å². The Labute approximate surface area is 106 Å². The third kappa shape index (κ3) is 2.13. The van der Waals surface area contributed by atoms with Gasteiger partial charge in [0.15, 0.2) is 0 Å². The van der Waals surface area contributed by atoms with Gasteiger partial charge in [0.2, 0.25) is 0 Å². The highest BCUT2D eigenvalue weighted by Crippen LogP contribution is 2.45. The zero-order chi connectivity index (χ0) is 12.6. The molecule has 1 heteroatoms. The Morgan fingerprint density at radius 1 is 1.18 bits per heavy atom. The van der Waals surface area contributed by atoms with Crippen LogP contribution in [0.1, 0.15) is 69.2 Å². The Kier molecular flexibility index (Phi) is 3.58. The van der Waals surface area contributed by atoms with Crippen molar-refractivity contribution in [1.29, 1.82) is 0 Å². The van der Waals surface area contributed by atoms with Crippen molar-refractivity contribution in [3.63, 3.8) is 0 Å². The normalized spacial score (nSPS) is 27.5. The lowest BCUT2D eigenvalue weighted by Crippen LogP contribution is -2.24. The van der Waals surface area contributed by atoms with Gasteiger partial charge in [-0.1, -0.05) is 52.8 Å². The molecule has 0 amide bonds. The van der Waals surface area contributed by atoms with Crippen LogP contribution >= 0.6 is 0 Å². The van der Waals surface area contributed by atoms with Crippen LogP contribution in [0.4, 0.5) is 0 Å².